The first kappa shape index (κ1) is 16.8. The van der Waals surface area contributed by atoms with Crippen molar-refractivity contribution in [2.75, 3.05) is 32.6 Å². The van der Waals surface area contributed by atoms with Crippen molar-refractivity contribution < 1.29 is 19.1 Å². The predicted octanol–water partition coefficient (Wildman–Crippen LogP) is 0.497. The molecule has 2 amide bonds. The zero-order chi connectivity index (χ0) is 15.7. The fourth-order valence-corrected chi connectivity index (χ4v) is 1.61. The van der Waals surface area contributed by atoms with E-state index in [4.69, 9.17) is 15.2 Å². The lowest BCUT2D eigenvalue weighted by molar-refractivity contribution is -0.124. The first-order chi connectivity index (χ1) is 10.1. The van der Waals surface area contributed by atoms with E-state index >= 15 is 0 Å². The average Bonchev–Trinajstić information content (AvgIpc) is 2.50. The van der Waals surface area contributed by atoms with Crippen LogP contribution in [0.4, 0.5) is 5.69 Å². The summed E-state index contributed by atoms with van der Waals surface area (Å²) >= 11 is 0. The first-order valence-corrected chi connectivity index (χ1v) is 6.58. The van der Waals surface area contributed by atoms with Crippen LogP contribution in [0.2, 0.25) is 0 Å². The average molecular weight is 295 g/mol. The molecule has 0 heterocycles. The Morgan fingerprint density at radius 2 is 1.71 bits per heavy atom. The number of anilines is 1. The molecule has 1 aromatic rings. The minimum Gasteiger partial charge on any atom is -0.497 e. The van der Waals surface area contributed by atoms with Gasteiger partial charge in [0.15, 0.2) is 0 Å². The van der Waals surface area contributed by atoms with Crippen LogP contribution < -0.4 is 25.8 Å². The van der Waals surface area contributed by atoms with Gasteiger partial charge < -0.3 is 25.8 Å². The number of nitrogens with two attached hydrogens (primary N) is 1. The maximum atomic E-state index is 11.8. The normalized spacial score (nSPS) is 9.86. The minimum absolute atomic E-state index is 0.0943. The van der Waals surface area contributed by atoms with Gasteiger partial charge in [0, 0.05) is 30.3 Å². The summed E-state index contributed by atoms with van der Waals surface area (Å²) in [5.74, 6) is 0.610. The van der Waals surface area contributed by atoms with Crippen molar-refractivity contribution in [3.63, 3.8) is 0 Å². The second kappa shape index (κ2) is 8.80. The van der Waals surface area contributed by atoms with E-state index in [0.717, 1.165) is 0 Å². The number of carbonyl (C=O) groups excluding carboxylic acids is 2. The molecule has 4 N–H and O–H groups in total. The quantitative estimate of drug-likeness (QED) is 0.648. The van der Waals surface area contributed by atoms with Crippen molar-refractivity contribution in [2.24, 2.45) is 5.73 Å². The standard InChI is InChI=1S/C14H21N3O4/c1-20-11-6-10(7-12(8-11)21-2)17-14(19)9-16-13(18)4-3-5-15/h6-8H,3-5,9,15H2,1-2H3,(H,16,18)(H,17,19). The lowest BCUT2D eigenvalue weighted by Gasteiger charge is -2.10. The van der Waals surface area contributed by atoms with Crippen molar-refractivity contribution in [1.82, 2.24) is 5.32 Å². The Morgan fingerprint density at radius 1 is 1.10 bits per heavy atom. The summed E-state index contributed by atoms with van der Waals surface area (Å²) in [6.45, 7) is 0.353. The van der Waals surface area contributed by atoms with Gasteiger partial charge in [0.1, 0.15) is 11.5 Å². The highest BCUT2D eigenvalue weighted by atomic mass is 16.5. The molecule has 0 bridgehead atoms. The number of amides is 2. The molecule has 7 heteroatoms. The Kier molecular flexibility index (Phi) is 7.03. The molecule has 7 nitrogen and oxygen atoms in total. The molecule has 1 rings (SSSR count). The number of carbonyl (C=O) groups is 2. The number of benzene rings is 1. The van der Waals surface area contributed by atoms with Gasteiger partial charge in [0.25, 0.3) is 0 Å². The third-order valence-corrected chi connectivity index (χ3v) is 2.69. The highest BCUT2D eigenvalue weighted by molar-refractivity contribution is 5.94. The van der Waals surface area contributed by atoms with E-state index in [1.807, 2.05) is 0 Å². The highest BCUT2D eigenvalue weighted by Crippen LogP contribution is 2.25. The Bertz CT molecular complexity index is 469. The van der Waals surface area contributed by atoms with Gasteiger partial charge in [-0.2, -0.15) is 0 Å². The summed E-state index contributed by atoms with van der Waals surface area (Å²) in [6, 6.07) is 5.03. The van der Waals surface area contributed by atoms with Gasteiger partial charge in [-0.25, -0.2) is 0 Å². The number of nitrogens with one attached hydrogen (secondary N) is 2. The SMILES string of the molecule is COc1cc(NC(=O)CNC(=O)CCCN)cc(OC)c1. The van der Waals surface area contributed by atoms with Gasteiger partial charge in [0.05, 0.1) is 20.8 Å². The fraction of sp³-hybridized carbons (Fsp3) is 0.429. The molecule has 0 fully saturated rings. The number of hydrogen-bond donors (Lipinski definition) is 3. The first-order valence-electron chi connectivity index (χ1n) is 6.58. The Labute approximate surface area is 123 Å². The Morgan fingerprint density at radius 3 is 2.24 bits per heavy atom. The number of hydrogen-bond acceptors (Lipinski definition) is 5. The molecule has 1 aromatic carbocycles. The summed E-state index contributed by atoms with van der Waals surface area (Å²) in [5.41, 5.74) is 5.84. The van der Waals surface area contributed by atoms with Crippen LogP contribution in [0.1, 0.15) is 12.8 Å². The Balaban J connectivity index is 2.52. The molecular formula is C14H21N3O4. The van der Waals surface area contributed by atoms with Crippen LogP contribution in [0.25, 0.3) is 0 Å². The monoisotopic (exact) mass is 295 g/mol. The van der Waals surface area contributed by atoms with Gasteiger partial charge >= 0.3 is 0 Å². The van der Waals surface area contributed by atoms with Gasteiger partial charge in [-0.05, 0) is 13.0 Å². The van der Waals surface area contributed by atoms with Gasteiger partial charge in [-0.3, -0.25) is 9.59 Å². The van der Waals surface area contributed by atoms with Crippen molar-refractivity contribution >= 4 is 17.5 Å². The third kappa shape index (κ3) is 6.13. The second-order valence-corrected chi connectivity index (χ2v) is 4.32. The lowest BCUT2D eigenvalue weighted by Crippen LogP contribution is -2.32. The van der Waals surface area contributed by atoms with Crippen LogP contribution in [-0.2, 0) is 9.59 Å². The molecule has 0 spiro atoms. The summed E-state index contributed by atoms with van der Waals surface area (Å²) in [4.78, 5) is 23.1. The zero-order valence-corrected chi connectivity index (χ0v) is 12.3. The van der Waals surface area contributed by atoms with Crippen molar-refractivity contribution in [2.45, 2.75) is 12.8 Å². The van der Waals surface area contributed by atoms with E-state index in [9.17, 15) is 9.59 Å². The zero-order valence-electron chi connectivity index (χ0n) is 12.3. The molecule has 0 atom stereocenters. The lowest BCUT2D eigenvalue weighted by atomic mass is 10.2. The van der Waals surface area contributed by atoms with Crippen molar-refractivity contribution in [1.29, 1.82) is 0 Å². The van der Waals surface area contributed by atoms with Gasteiger partial charge in [-0.15, -0.1) is 0 Å². The topological polar surface area (TPSA) is 103 Å². The predicted molar refractivity (Wildman–Crippen MR) is 79.5 cm³/mol. The molecule has 0 aliphatic heterocycles. The third-order valence-electron chi connectivity index (χ3n) is 2.69. The van der Waals surface area contributed by atoms with Crippen molar-refractivity contribution in [3.05, 3.63) is 18.2 Å². The van der Waals surface area contributed by atoms with E-state index in [-0.39, 0.29) is 18.4 Å². The second-order valence-electron chi connectivity index (χ2n) is 4.32. The number of rotatable bonds is 8. The minimum atomic E-state index is -0.327. The van der Waals surface area contributed by atoms with E-state index in [2.05, 4.69) is 10.6 Å². The van der Waals surface area contributed by atoms with Gasteiger partial charge in [-0.1, -0.05) is 0 Å². The maximum Gasteiger partial charge on any atom is 0.243 e. The number of ether oxygens (including phenoxy) is 2. The largest absolute Gasteiger partial charge is 0.497 e. The number of methoxy groups -OCH3 is 2. The fourth-order valence-electron chi connectivity index (χ4n) is 1.61. The molecule has 0 aliphatic rings. The molecule has 0 aromatic heterocycles. The summed E-state index contributed by atoms with van der Waals surface area (Å²) in [7, 11) is 3.05. The van der Waals surface area contributed by atoms with Crippen LogP contribution in [0.5, 0.6) is 11.5 Å². The molecular weight excluding hydrogens is 274 g/mol. The van der Waals surface area contributed by atoms with E-state index in [1.165, 1.54) is 14.2 Å². The Hall–Kier alpha value is -2.28. The van der Waals surface area contributed by atoms with E-state index in [0.29, 0.717) is 36.6 Å². The maximum absolute atomic E-state index is 11.8. The molecule has 0 unspecified atom stereocenters. The molecule has 0 saturated heterocycles. The van der Waals surface area contributed by atoms with Gasteiger partial charge in [0.2, 0.25) is 11.8 Å². The van der Waals surface area contributed by atoms with E-state index in [1.54, 1.807) is 18.2 Å². The molecule has 0 radical (unpaired) electrons. The summed E-state index contributed by atoms with van der Waals surface area (Å²) in [5, 5.41) is 5.19. The smallest absolute Gasteiger partial charge is 0.243 e. The molecule has 0 saturated carbocycles. The molecule has 116 valence electrons. The van der Waals surface area contributed by atoms with Crippen LogP contribution >= 0.6 is 0 Å². The molecule has 0 aliphatic carbocycles. The highest BCUT2D eigenvalue weighted by Gasteiger charge is 2.08. The van der Waals surface area contributed by atoms with Crippen LogP contribution in [0.15, 0.2) is 18.2 Å². The van der Waals surface area contributed by atoms with Crippen LogP contribution in [-0.4, -0.2) is 39.1 Å². The van der Waals surface area contributed by atoms with Crippen LogP contribution in [0.3, 0.4) is 0 Å². The van der Waals surface area contributed by atoms with E-state index < -0.39 is 0 Å². The molecule has 21 heavy (non-hydrogen) atoms. The van der Waals surface area contributed by atoms with Crippen LogP contribution in [0, 0.1) is 0 Å². The summed E-state index contributed by atoms with van der Waals surface area (Å²) in [6.07, 6.45) is 0.914. The van der Waals surface area contributed by atoms with Crippen molar-refractivity contribution in [3.8, 4) is 11.5 Å². The summed E-state index contributed by atoms with van der Waals surface area (Å²) < 4.78 is 10.2.